The Kier molecular flexibility index (Phi) is 4.49. The third-order valence-electron chi connectivity index (χ3n) is 5.54. The zero-order valence-corrected chi connectivity index (χ0v) is 15.9. The molecule has 28 heavy (non-hydrogen) atoms. The average Bonchev–Trinajstić information content (AvgIpc) is 3.03. The second-order valence-corrected chi connectivity index (χ2v) is 7.70. The fourth-order valence-corrected chi connectivity index (χ4v) is 4.12. The van der Waals surface area contributed by atoms with Gasteiger partial charge in [0.25, 0.3) is 5.91 Å². The van der Waals surface area contributed by atoms with Crippen molar-refractivity contribution in [1.82, 2.24) is 10.0 Å². The number of benzene rings is 2. The highest BCUT2D eigenvalue weighted by atomic mass is 19.1. The molecular formula is C21H23F2N3O2. The van der Waals surface area contributed by atoms with E-state index in [1.807, 2.05) is 30.3 Å². The molecule has 0 spiro atoms. The summed E-state index contributed by atoms with van der Waals surface area (Å²) in [7, 11) is 0. The maximum atomic E-state index is 14.6. The molecule has 0 saturated carbocycles. The molecule has 0 aromatic heterocycles. The predicted molar refractivity (Wildman–Crippen MR) is 99.4 cm³/mol. The highest BCUT2D eigenvalue weighted by Crippen LogP contribution is 2.57. The maximum absolute atomic E-state index is 14.6. The Morgan fingerprint density at radius 1 is 1.14 bits per heavy atom. The molecule has 4 rings (SSSR count). The number of hydrogen-bond acceptors (Lipinski definition) is 4. The second-order valence-electron chi connectivity index (χ2n) is 7.70. The molecule has 2 saturated heterocycles. The highest BCUT2D eigenvalue weighted by Gasteiger charge is 2.69. The summed E-state index contributed by atoms with van der Waals surface area (Å²) in [6, 6.07) is 12.6. The van der Waals surface area contributed by atoms with E-state index in [1.165, 1.54) is 0 Å². The van der Waals surface area contributed by atoms with Gasteiger partial charge in [-0.3, -0.25) is 4.79 Å². The Morgan fingerprint density at radius 2 is 1.86 bits per heavy atom. The van der Waals surface area contributed by atoms with Crippen molar-refractivity contribution in [2.75, 3.05) is 6.54 Å². The minimum absolute atomic E-state index is 0.0659. The zero-order valence-electron chi connectivity index (χ0n) is 15.9. The van der Waals surface area contributed by atoms with Crippen LogP contribution in [0.25, 0.3) is 0 Å². The van der Waals surface area contributed by atoms with Gasteiger partial charge >= 0.3 is 0 Å². The molecule has 2 aromatic carbocycles. The van der Waals surface area contributed by atoms with Crippen LogP contribution < -0.4 is 5.73 Å². The minimum atomic E-state index is -1.11. The van der Waals surface area contributed by atoms with Crippen molar-refractivity contribution in [3.05, 3.63) is 71.3 Å². The van der Waals surface area contributed by atoms with Gasteiger partial charge in [0.1, 0.15) is 17.2 Å². The van der Waals surface area contributed by atoms with Crippen molar-refractivity contribution < 1.29 is 18.3 Å². The number of ether oxygens (including phenoxy) is 1. The largest absolute Gasteiger partial charge is 0.330 e. The molecule has 2 aliphatic heterocycles. The van der Waals surface area contributed by atoms with E-state index < -0.39 is 29.1 Å². The van der Waals surface area contributed by atoms with E-state index in [-0.39, 0.29) is 11.5 Å². The molecule has 2 aromatic rings. The van der Waals surface area contributed by atoms with E-state index in [1.54, 1.807) is 23.9 Å². The molecule has 2 aliphatic rings. The molecule has 148 valence electrons. The lowest BCUT2D eigenvalue weighted by molar-refractivity contribution is -0.231. The fraction of sp³-hybridized carbons (Fsp3) is 0.381. The van der Waals surface area contributed by atoms with E-state index in [9.17, 15) is 13.6 Å². The summed E-state index contributed by atoms with van der Waals surface area (Å²) in [5.41, 5.74) is 4.56. The first kappa shape index (κ1) is 19.0. The number of nitrogens with zero attached hydrogens (tertiary/aromatic N) is 2. The van der Waals surface area contributed by atoms with Crippen molar-refractivity contribution >= 4 is 5.91 Å². The first-order chi connectivity index (χ1) is 13.3. The Morgan fingerprint density at radius 3 is 2.54 bits per heavy atom. The molecule has 7 heteroatoms. The molecule has 2 N–H and O–H groups in total. The normalized spacial score (nSPS) is 26.2. The van der Waals surface area contributed by atoms with Crippen LogP contribution in [0.1, 0.15) is 44.0 Å². The number of carbonyl (C=O) groups is 1. The summed E-state index contributed by atoms with van der Waals surface area (Å²) in [5, 5.41) is 3.25. The van der Waals surface area contributed by atoms with Gasteiger partial charge in [0, 0.05) is 17.5 Å². The number of hydrogen-bond donors (Lipinski definition) is 1. The van der Waals surface area contributed by atoms with Crippen LogP contribution in [0, 0.1) is 11.6 Å². The van der Waals surface area contributed by atoms with Gasteiger partial charge in [-0.05, 0) is 45.0 Å². The number of amides is 1. The maximum Gasteiger partial charge on any atom is 0.261 e. The van der Waals surface area contributed by atoms with E-state index >= 15 is 0 Å². The third kappa shape index (κ3) is 2.57. The number of halogens is 2. The van der Waals surface area contributed by atoms with E-state index in [2.05, 4.69) is 0 Å². The number of rotatable bonds is 5. The lowest BCUT2D eigenvalue weighted by Crippen LogP contribution is -2.75. The summed E-state index contributed by atoms with van der Waals surface area (Å²) in [6.07, 6.45) is 0.117. The Bertz CT molecular complexity index is 906. The quantitative estimate of drug-likeness (QED) is 0.854. The standard InChI is InChI=1S/C21H23F2N3O2/c1-20(2)19(27)26-21(11-6-12-24,14-7-4-3-5-8-14)28-18(25(20)26)16-13-15(22)9-10-17(16)23/h3-5,7-10,13,18H,6,11-12,24H2,1-2H3. The number of hydrazine groups is 1. The van der Waals surface area contributed by atoms with E-state index in [0.29, 0.717) is 19.4 Å². The van der Waals surface area contributed by atoms with Crippen molar-refractivity contribution in [3.8, 4) is 0 Å². The first-order valence-corrected chi connectivity index (χ1v) is 9.35. The predicted octanol–water partition coefficient (Wildman–Crippen LogP) is 3.42. The average molecular weight is 387 g/mol. The van der Waals surface area contributed by atoms with Crippen molar-refractivity contribution in [2.45, 2.75) is 44.2 Å². The Balaban J connectivity index is 1.87. The molecule has 2 atom stereocenters. The van der Waals surface area contributed by atoms with Gasteiger partial charge in [-0.15, -0.1) is 0 Å². The smallest absolute Gasteiger partial charge is 0.261 e. The lowest BCUT2D eigenvalue weighted by Gasteiger charge is -2.55. The Hall–Kier alpha value is -2.35. The summed E-state index contributed by atoms with van der Waals surface area (Å²) < 4.78 is 34.9. The van der Waals surface area contributed by atoms with Gasteiger partial charge in [0.15, 0.2) is 12.0 Å². The van der Waals surface area contributed by atoms with Crippen LogP contribution in [-0.2, 0) is 15.3 Å². The van der Waals surface area contributed by atoms with E-state index in [0.717, 1.165) is 23.8 Å². The van der Waals surface area contributed by atoms with Crippen LogP contribution in [0.2, 0.25) is 0 Å². The topological polar surface area (TPSA) is 58.8 Å². The Labute approximate surface area is 162 Å². The minimum Gasteiger partial charge on any atom is -0.330 e. The van der Waals surface area contributed by atoms with Crippen LogP contribution in [0.4, 0.5) is 8.78 Å². The molecule has 2 heterocycles. The van der Waals surface area contributed by atoms with Gasteiger partial charge in [0.2, 0.25) is 0 Å². The number of fused-ring (bicyclic) bond motifs is 1. The molecule has 5 nitrogen and oxygen atoms in total. The SMILES string of the molecule is CC1(C)C(=O)N2N1C(c1cc(F)ccc1F)OC2(CCCN)c1ccccc1. The molecule has 0 bridgehead atoms. The fourth-order valence-electron chi connectivity index (χ4n) is 4.12. The van der Waals surface area contributed by atoms with Crippen molar-refractivity contribution in [1.29, 1.82) is 0 Å². The molecule has 2 fully saturated rings. The van der Waals surface area contributed by atoms with Gasteiger partial charge < -0.3 is 10.5 Å². The lowest BCUT2D eigenvalue weighted by atomic mass is 9.90. The molecule has 2 unspecified atom stereocenters. The third-order valence-corrected chi connectivity index (χ3v) is 5.54. The van der Waals surface area contributed by atoms with E-state index in [4.69, 9.17) is 10.5 Å². The number of nitrogens with two attached hydrogens (primary N) is 1. The van der Waals surface area contributed by atoms with Crippen LogP contribution >= 0.6 is 0 Å². The van der Waals surface area contributed by atoms with Gasteiger partial charge in [-0.2, -0.15) is 5.01 Å². The van der Waals surface area contributed by atoms with Crippen LogP contribution in [-0.4, -0.2) is 28.0 Å². The van der Waals surface area contributed by atoms with Gasteiger partial charge in [0.05, 0.1) is 0 Å². The second kappa shape index (κ2) is 6.62. The molecule has 0 radical (unpaired) electrons. The van der Waals surface area contributed by atoms with Crippen LogP contribution in [0.3, 0.4) is 0 Å². The zero-order chi connectivity index (χ0) is 20.1. The van der Waals surface area contributed by atoms with Gasteiger partial charge in [-0.1, -0.05) is 30.3 Å². The molecular weight excluding hydrogens is 364 g/mol. The summed E-state index contributed by atoms with van der Waals surface area (Å²) >= 11 is 0. The highest BCUT2D eigenvalue weighted by molar-refractivity contribution is 5.91. The van der Waals surface area contributed by atoms with Gasteiger partial charge in [-0.25, -0.2) is 13.8 Å². The first-order valence-electron chi connectivity index (χ1n) is 9.35. The summed E-state index contributed by atoms with van der Waals surface area (Å²) in [6.45, 7) is 3.93. The van der Waals surface area contributed by atoms with Crippen LogP contribution in [0.15, 0.2) is 48.5 Å². The van der Waals surface area contributed by atoms with Crippen molar-refractivity contribution in [2.24, 2.45) is 5.73 Å². The monoisotopic (exact) mass is 387 g/mol. The summed E-state index contributed by atoms with van der Waals surface area (Å²) in [4.78, 5) is 13.1. The van der Waals surface area contributed by atoms with Crippen LogP contribution in [0.5, 0.6) is 0 Å². The number of carbonyl (C=O) groups excluding carboxylic acids is 1. The molecule has 1 amide bonds. The van der Waals surface area contributed by atoms with Crippen molar-refractivity contribution in [3.63, 3.8) is 0 Å². The molecule has 0 aliphatic carbocycles. The summed E-state index contributed by atoms with van der Waals surface area (Å²) in [5.74, 6) is -1.27.